The van der Waals surface area contributed by atoms with Gasteiger partial charge in [0.1, 0.15) is 5.82 Å². The van der Waals surface area contributed by atoms with Crippen molar-refractivity contribution in [2.75, 3.05) is 14.1 Å². The van der Waals surface area contributed by atoms with Gasteiger partial charge in [0, 0.05) is 24.5 Å². The average Bonchev–Trinajstić information content (AvgIpc) is 2.83. The molecule has 0 aromatic carbocycles. The number of hydrazine groups is 1. The maximum atomic E-state index is 5.83. The van der Waals surface area contributed by atoms with Crippen molar-refractivity contribution in [3.8, 4) is 0 Å². The Morgan fingerprint density at radius 2 is 2.00 bits per heavy atom. The Labute approximate surface area is 110 Å². The van der Waals surface area contributed by atoms with Crippen molar-refractivity contribution < 1.29 is 0 Å². The van der Waals surface area contributed by atoms with Crippen LogP contribution >= 0.6 is 0 Å². The Balaban J connectivity index is 3.22. The highest BCUT2D eigenvalue weighted by molar-refractivity contribution is 5.09. The number of aryl methyl sites for hydroxylation is 1. The van der Waals surface area contributed by atoms with Crippen molar-refractivity contribution in [3.63, 3.8) is 0 Å². The lowest BCUT2D eigenvalue weighted by atomic mass is 9.83. The third kappa shape index (κ3) is 2.43. The maximum Gasteiger partial charge on any atom is 0.129 e. The van der Waals surface area contributed by atoms with Crippen LogP contribution in [0.1, 0.15) is 45.5 Å². The number of aromatic nitrogens is 2. The van der Waals surface area contributed by atoms with Crippen LogP contribution in [0, 0.1) is 0 Å². The molecule has 5 nitrogen and oxygen atoms in total. The minimum absolute atomic E-state index is 0.0208. The zero-order valence-electron chi connectivity index (χ0n) is 12.3. The van der Waals surface area contributed by atoms with Crippen LogP contribution in [0.25, 0.3) is 0 Å². The lowest BCUT2D eigenvalue weighted by molar-refractivity contribution is 0.0826. The number of nitrogens with zero attached hydrogens (tertiary/aromatic N) is 3. The normalized spacial score (nSPS) is 14.2. The number of hydrogen-bond donors (Lipinski definition) is 2. The molecular formula is C13H27N5. The van der Waals surface area contributed by atoms with Crippen molar-refractivity contribution in [1.82, 2.24) is 19.9 Å². The number of nitrogens with one attached hydrogen (secondary N) is 1. The quantitative estimate of drug-likeness (QED) is 0.571. The highest BCUT2D eigenvalue weighted by atomic mass is 15.3. The highest BCUT2D eigenvalue weighted by Gasteiger charge is 2.40. The van der Waals surface area contributed by atoms with Gasteiger partial charge in [0.2, 0.25) is 0 Å². The zero-order chi connectivity index (χ0) is 13.8. The summed E-state index contributed by atoms with van der Waals surface area (Å²) in [5.74, 6) is 6.84. The summed E-state index contributed by atoms with van der Waals surface area (Å²) in [6, 6.07) is 0.0254. The summed E-state index contributed by atoms with van der Waals surface area (Å²) in [4.78, 5) is 6.75. The number of imidazole rings is 1. The predicted molar refractivity (Wildman–Crippen MR) is 75.0 cm³/mol. The van der Waals surface area contributed by atoms with Gasteiger partial charge in [-0.15, -0.1) is 0 Å². The fourth-order valence-electron chi connectivity index (χ4n) is 2.87. The Morgan fingerprint density at radius 3 is 2.39 bits per heavy atom. The number of likely N-dealkylation sites (N-methyl/N-ethyl adjacent to an activating group) is 1. The Kier molecular flexibility index (Phi) is 5.31. The van der Waals surface area contributed by atoms with Gasteiger partial charge in [0.15, 0.2) is 0 Å². The van der Waals surface area contributed by atoms with Crippen molar-refractivity contribution in [2.45, 2.75) is 51.7 Å². The summed E-state index contributed by atoms with van der Waals surface area (Å²) in [6.07, 6.45) is 5.88. The van der Waals surface area contributed by atoms with E-state index in [9.17, 15) is 0 Å². The molecule has 1 aromatic rings. The number of nitrogens with two attached hydrogens (primary N) is 1. The summed E-state index contributed by atoms with van der Waals surface area (Å²) in [7, 11) is 4.22. The predicted octanol–water partition coefficient (Wildman–Crippen LogP) is 1.53. The maximum absolute atomic E-state index is 5.83. The van der Waals surface area contributed by atoms with Gasteiger partial charge in [-0.25, -0.2) is 10.4 Å². The second-order valence-corrected chi connectivity index (χ2v) is 4.88. The molecule has 0 aliphatic rings. The molecular weight excluding hydrogens is 226 g/mol. The van der Waals surface area contributed by atoms with E-state index in [1.54, 1.807) is 0 Å². The number of rotatable bonds is 7. The van der Waals surface area contributed by atoms with Crippen molar-refractivity contribution in [1.29, 1.82) is 0 Å². The molecule has 1 unspecified atom stereocenters. The van der Waals surface area contributed by atoms with E-state index in [2.05, 4.69) is 54.7 Å². The fraction of sp³-hybridized carbons (Fsp3) is 0.769. The molecule has 0 amide bonds. The molecule has 0 fully saturated rings. The minimum atomic E-state index is -0.0208. The van der Waals surface area contributed by atoms with E-state index in [0.29, 0.717) is 0 Å². The first-order valence-corrected chi connectivity index (χ1v) is 6.71. The molecule has 0 saturated heterocycles. The SMILES string of the molecule is CCn1ccnc1C(NN)C(CC)(CC)N(C)C. The minimum Gasteiger partial charge on any atom is -0.334 e. The second kappa shape index (κ2) is 6.31. The van der Waals surface area contributed by atoms with Crippen molar-refractivity contribution in [2.24, 2.45) is 5.84 Å². The molecule has 0 aliphatic heterocycles. The van der Waals surface area contributed by atoms with Gasteiger partial charge in [-0.2, -0.15) is 0 Å². The standard InChI is InChI=1S/C13H27N5/c1-6-13(7-2,17(4)5)11(16-14)12-15-9-10-18(12)8-3/h9-11,16H,6-8,14H2,1-5H3. The summed E-state index contributed by atoms with van der Waals surface area (Å²) in [5, 5.41) is 0. The lowest BCUT2D eigenvalue weighted by Gasteiger charge is -2.44. The molecule has 1 heterocycles. The van der Waals surface area contributed by atoms with Crippen LogP contribution in [-0.2, 0) is 6.54 Å². The van der Waals surface area contributed by atoms with Gasteiger partial charge in [-0.05, 0) is 33.9 Å². The van der Waals surface area contributed by atoms with E-state index in [-0.39, 0.29) is 11.6 Å². The Hall–Kier alpha value is -0.910. The van der Waals surface area contributed by atoms with Crippen LogP contribution < -0.4 is 11.3 Å². The topological polar surface area (TPSA) is 59.1 Å². The highest BCUT2D eigenvalue weighted by Crippen LogP contribution is 2.34. The Morgan fingerprint density at radius 1 is 1.39 bits per heavy atom. The second-order valence-electron chi connectivity index (χ2n) is 4.88. The molecule has 0 aliphatic carbocycles. The molecule has 104 valence electrons. The summed E-state index contributed by atoms with van der Waals surface area (Å²) >= 11 is 0. The van der Waals surface area contributed by atoms with Gasteiger partial charge in [-0.1, -0.05) is 13.8 Å². The smallest absolute Gasteiger partial charge is 0.129 e. The third-order valence-electron chi connectivity index (χ3n) is 4.17. The van der Waals surface area contributed by atoms with Crippen molar-refractivity contribution in [3.05, 3.63) is 18.2 Å². The van der Waals surface area contributed by atoms with E-state index in [0.717, 1.165) is 25.2 Å². The van der Waals surface area contributed by atoms with Crippen LogP contribution in [-0.4, -0.2) is 34.1 Å². The van der Waals surface area contributed by atoms with Gasteiger partial charge in [0.25, 0.3) is 0 Å². The first-order valence-electron chi connectivity index (χ1n) is 6.71. The molecule has 0 bridgehead atoms. The van der Waals surface area contributed by atoms with Crippen LogP contribution in [0.4, 0.5) is 0 Å². The van der Waals surface area contributed by atoms with Crippen LogP contribution in [0.5, 0.6) is 0 Å². The lowest BCUT2D eigenvalue weighted by Crippen LogP contribution is -2.55. The van der Waals surface area contributed by atoms with E-state index >= 15 is 0 Å². The van der Waals surface area contributed by atoms with Crippen LogP contribution in [0.3, 0.4) is 0 Å². The molecule has 0 spiro atoms. The van der Waals surface area contributed by atoms with Crippen molar-refractivity contribution >= 4 is 0 Å². The summed E-state index contributed by atoms with van der Waals surface area (Å²) < 4.78 is 2.15. The first kappa shape index (κ1) is 15.1. The van der Waals surface area contributed by atoms with E-state index < -0.39 is 0 Å². The fourth-order valence-corrected chi connectivity index (χ4v) is 2.87. The van der Waals surface area contributed by atoms with E-state index in [1.165, 1.54) is 0 Å². The molecule has 1 aromatic heterocycles. The Bertz CT molecular complexity index is 354. The molecule has 1 rings (SSSR count). The first-order chi connectivity index (χ1) is 8.57. The molecule has 1 atom stereocenters. The monoisotopic (exact) mass is 253 g/mol. The zero-order valence-corrected chi connectivity index (χ0v) is 12.3. The molecule has 5 heteroatoms. The van der Waals surface area contributed by atoms with Gasteiger partial charge in [0.05, 0.1) is 6.04 Å². The van der Waals surface area contributed by atoms with Gasteiger partial charge < -0.3 is 9.47 Å². The largest absolute Gasteiger partial charge is 0.334 e. The van der Waals surface area contributed by atoms with Crippen LogP contribution in [0.15, 0.2) is 12.4 Å². The molecule has 18 heavy (non-hydrogen) atoms. The van der Waals surface area contributed by atoms with Crippen LogP contribution in [0.2, 0.25) is 0 Å². The van der Waals surface area contributed by atoms with Gasteiger partial charge in [-0.3, -0.25) is 5.84 Å². The molecule has 0 saturated carbocycles. The third-order valence-corrected chi connectivity index (χ3v) is 4.17. The summed E-state index contributed by atoms with van der Waals surface area (Å²) in [6.45, 7) is 7.43. The molecule has 0 radical (unpaired) electrons. The molecule has 3 N–H and O–H groups in total. The van der Waals surface area contributed by atoms with Gasteiger partial charge >= 0.3 is 0 Å². The number of hydrogen-bond acceptors (Lipinski definition) is 4. The van der Waals surface area contributed by atoms with E-state index in [4.69, 9.17) is 5.84 Å². The van der Waals surface area contributed by atoms with E-state index in [1.807, 2.05) is 12.4 Å². The summed E-state index contributed by atoms with van der Waals surface area (Å²) in [5.41, 5.74) is 2.96. The average molecular weight is 253 g/mol.